The largest absolute Gasteiger partial charge is 1.00 e. The van der Waals surface area contributed by atoms with Crippen molar-refractivity contribution < 1.29 is 12.4 Å². The van der Waals surface area contributed by atoms with Gasteiger partial charge in [-0.25, -0.2) is 0 Å². The summed E-state index contributed by atoms with van der Waals surface area (Å²) in [7, 11) is 0. The van der Waals surface area contributed by atoms with Crippen LogP contribution in [0.25, 0.3) is 0 Å². The average Bonchev–Trinajstić information content (AvgIpc) is 2.08. The molecule has 0 unspecified atom stereocenters. The number of benzene rings is 1. The van der Waals surface area contributed by atoms with Crippen LogP contribution in [0.3, 0.4) is 0 Å². The van der Waals surface area contributed by atoms with Crippen molar-refractivity contribution in [2.45, 2.75) is 20.4 Å². The van der Waals surface area contributed by atoms with E-state index in [0.717, 1.165) is 18.1 Å². The fourth-order valence-corrected chi connectivity index (χ4v) is 1.34. The first-order chi connectivity index (χ1) is 6.20. The molecule has 1 aromatic carbocycles. The van der Waals surface area contributed by atoms with E-state index in [9.17, 15) is 0 Å². The normalized spacial score (nSPS) is 10.0. The van der Waals surface area contributed by atoms with Crippen LogP contribution in [0.2, 0.25) is 5.02 Å². The molecule has 0 saturated carbocycles. The van der Waals surface area contributed by atoms with Crippen molar-refractivity contribution in [3.8, 4) is 0 Å². The Kier molecular flexibility index (Phi) is 6.98. The van der Waals surface area contributed by atoms with Crippen molar-refractivity contribution >= 4 is 11.6 Å². The van der Waals surface area contributed by atoms with E-state index in [0.29, 0.717) is 5.92 Å². The molecule has 3 heteroatoms. The Morgan fingerprint density at radius 1 is 1.29 bits per heavy atom. The number of halogens is 2. The Hall–Kier alpha value is -0.240. The summed E-state index contributed by atoms with van der Waals surface area (Å²) in [5.41, 5.74) is 1.17. The second-order valence-electron chi connectivity index (χ2n) is 3.62. The van der Waals surface area contributed by atoms with Crippen molar-refractivity contribution in [2.24, 2.45) is 5.92 Å². The molecule has 0 aliphatic carbocycles. The molecule has 0 aliphatic heterocycles. The van der Waals surface area contributed by atoms with E-state index in [-0.39, 0.29) is 12.4 Å². The summed E-state index contributed by atoms with van der Waals surface area (Å²) in [6.45, 7) is 6.28. The topological polar surface area (TPSA) is 12.0 Å². The van der Waals surface area contributed by atoms with E-state index in [4.69, 9.17) is 11.6 Å². The zero-order valence-electron chi connectivity index (χ0n) is 8.56. The predicted octanol–water partition coefficient (Wildman–Crippen LogP) is 0.0896. The van der Waals surface area contributed by atoms with Crippen LogP contribution < -0.4 is 17.7 Å². The summed E-state index contributed by atoms with van der Waals surface area (Å²) in [4.78, 5) is 0. The molecule has 1 aromatic rings. The van der Waals surface area contributed by atoms with Gasteiger partial charge in [0, 0.05) is 11.6 Å². The van der Waals surface area contributed by atoms with Gasteiger partial charge in [-0.1, -0.05) is 43.6 Å². The number of nitrogens with one attached hydrogen (secondary N) is 1. The minimum atomic E-state index is 0. The van der Waals surface area contributed by atoms with E-state index in [1.165, 1.54) is 5.56 Å². The zero-order valence-corrected chi connectivity index (χ0v) is 10.1. The van der Waals surface area contributed by atoms with Gasteiger partial charge in [0.25, 0.3) is 0 Å². The molecule has 0 saturated heterocycles. The molecule has 0 atom stereocenters. The number of rotatable bonds is 4. The van der Waals surface area contributed by atoms with Crippen molar-refractivity contribution in [1.82, 2.24) is 5.32 Å². The number of hydrogen-bond donors (Lipinski definition) is 1. The molecule has 14 heavy (non-hydrogen) atoms. The van der Waals surface area contributed by atoms with E-state index < -0.39 is 0 Å². The fraction of sp³-hybridized carbons (Fsp3) is 0.455. The van der Waals surface area contributed by atoms with Crippen molar-refractivity contribution in [3.05, 3.63) is 34.9 Å². The summed E-state index contributed by atoms with van der Waals surface area (Å²) in [6, 6.07) is 7.94. The van der Waals surface area contributed by atoms with Gasteiger partial charge in [-0.05, 0) is 24.1 Å². The average molecular weight is 233 g/mol. The van der Waals surface area contributed by atoms with Crippen LogP contribution in [0.1, 0.15) is 19.4 Å². The molecule has 1 N–H and O–H groups in total. The standard InChI is InChI=1S/C11H16ClN.ClH/c1-9(2)7-13-8-10-5-3-4-6-11(10)12;/h3-6,9,13H,7-8H2,1-2H3;1H/p-1. The molecule has 0 heterocycles. The highest BCUT2D eigenvalue weighted by atomic mass is 35.5. The molecule has 0 fully saturated rings. The van der Waals surface area contributed by atoms with Gasteiger partial charge in [-0.3, -0.25) is 0 Å². The Bertz CT molecular complexity index is 261. The molecule has 1 nitrogen and oxygen atoms in total. The van der Waals surface area contributed by atoms with Gasteiger partial charge in [0.1, 0.15) is 0 Å². The zero-order chi connectivity index (χ0) is 9.68. The van der Waals surface area contributed by atoms with Crippen LogP contribution in [0.5, 0.6) is 0 Å². The summed E-state index contributed by atoms with van der Waals surface area (Å²) >= 11 is 6.00. The highest BCUT2D eigenvalue weighted by Crippen LogP contribution is 2.14. The molecule has 0 aromatic heterocycles. The molecule has 0 bridgehead atoms. The monoisotopic (exact) mass is 232 g/mol. The van der Waals surface area contributed by atoms with Crippen LogP contribution >= 0.6 is 11.6 Å². The highest BCUT2D eigenvalue weighted by Gasteiger charge is 1.98. The molecule has 80 valence electrons. The van der Waals surface area contributed by atoms with E-state index >= 15 is 0 Å². The maximum Gasteiger partial charge on any atom is 0.0450 e. The lowest BCUT2D eigenvalue weighted by molar-refractivity contribution is -0.00000282. The van der Waals surface area contributed by atoms with Gasteiger partial charge >= 0.3 is 0 Å². The third kappa shape index (κ3) is 4.85. The Morgan fingerprint density at radius 2 is 1.93 bits per heavy atom. The quantitative estimate of drug-likeness (QED) is 0.777. The minimum absolute atomic E-state index is 0. The third-order valence-electron chi connectivity index (χ3n) is 1.83. The second kappa shape index (κ2) is 7.10. The molecule has 0 aliphatic rings. The van der Waals surface area contributed by atoms with Crippen LogP contribution in [0.4, 0.5) is 0 Å². The van der Waals surface area contributed by atoms with Crippen molar-refractivity contribution in [1.29, 1.82) is 0 Å². The van der Waals surface area contributed by atoms with Crippen molar-refractivity contribution in [3.63, 3.8) is 0 Å². The van der Waals surface area contributed by atoms with E-state index in [1.54, 1.807) is 0 Å². The first-order valence-corrected chi connectivity index (χ1v) is 5.02. The molecule has 0 radical (unpaired) electrons. The fourth-order valence-electron chi connectivity index (χ4n) is 1.14. The molecule has 1 rings (SSSR count). The smallest absolute Gasteiger partial charge is 0.0450 e. The molecular formula is C11H16Cl2N-. The molecule has 0 spiro atoms. The van der Waals surface area contributed by atoms with E-state index in [1.807, 2.05) is 18.2 Å². The second-order valence-corrected chi connectivity index (χ2v) is 4.02. The van der Waals surface area contributed by atoms with Gasteiger partial charge in [0.2, 0.25) is 0 Å². The van der Waals surface area contributed by atoms with Crippen LogP contribution in [-0.2, 0) is 6.54 Å². The van der Waals surface area contributed by atoms with Crippen LogP contribution in [0, 0.1) is 5.92 Å². The minimum Gasteiger partial charge on any atom is -1.00 e. The summed E-state index contributed by atoms with van der Waals surface area (Å²) in [6.07, 6.45) is 0. The van der Waals surface area contributed by atoms with Crippen LogP contribution in [0.15, 0.2) is 24.3 Å². The van der Waals surface area contributed by atoms with E-state index in [2.05, 4.69) is 25.2 Å². The summed E-state index contributed by atoms with van der Waals surface area (Å²) < 4.78 is 0. The Morgan fingerprint density at radius 3 is 2.50 bits per heavy atom. The van der Waals surface area contributed by atoms with Gasteiger partial charge in [0.15, 0.2) is 0 Å². The van der Waals surface area contributed by atoms with Gasteiger partial charge in [0.05, 0.1) is 0 Å². The third-order valence-corrected chi connectivity index (χ3v) is 2.19. The van der Waals surface area contributed by atoms with Crippen molar-refractivity contribution in [2.75, 3.05) is 6.54 Å². The lowest BCUT2D eigenvalue weighted by atomic mass is 10.2. The molecule has 0 amide bonds. The van der Waals surface area contributed by atoms with Gasteiger partial charge in [-0.15, -0.1) is 0 Å². The number of hydrogen-bond acceptors (Lipinski definition) is 1. The van der Waals surface area contributed by atoms with Crippen LogP contribution in [-0.4, -0.2) is 6.54 Å². The Labute approximate surface area is 97.3 Å². The maximum absolute atomic E-state index is 6.00. The van der Waals surface area contributed by atoms with Gasteiger partial charge < -0.3 is 17.7 Å². The lowest BCUT2D eigenvalue weighted by Crippen LogP contribution is -3.00. The SMILES string of the molecule is CC(C)CNCc1ccccc1Cl.[Cl-]. The first kappa shape index (κ1) is 13.8. The Balaban J connectivity index is 0.00000169. The maximum atomic E-state index is 6.00. The summed E-state index contributed by atoms with van der Waals surface area (Å²) in [5, 5.41) is 4.20. The lowest BCUT2D eigenvalue weighted by Gasteiger charge is -2.08. The molecular weight excluding hydrogens is 217 g/mol. The highest BCUT2D eigenvalue weighted by molar-refractivity contribution is 6.31. The first-order valence-electron chi connectivity index (χ1n) is 4.64. The van der Waals surface area contributed by atoms with Gasteiger partial charge in [-0.2, -0.15) is 0 Å². The summed E-state index contributed by atoms with van der Waals surface area (Å²) in [5.74, 6) is 0.683. The predicted molar refractivity (Wildman–Crippen MR) is 58.0 cm³/mol.